The van der Waals surface area contributed by atoms with Crippen LogP contribution < -0.4 is 0 Å². The first-order chi connectivity index (χ1) is 8.02. The van der Waals surface area contributed by atoms with E-state index in [1.165, 1.54) is 6.42 Å². The summed E-state index contributed by atoms with van der Waals surface area (Å²) in [6.07, 6.45) is 2.28. The average Bonchev–Trinajstić information content (AvgIpc) is 3.02. The van der Waals surface area contributed by atoms with E-state index in [0.717, 1.165) is 19.3 Å². The molecule has 0 aromatic rings. The lowest BCUT2D eigenvalue weighted by Crippen LogP contribution is -2.18. The highest BCUT2D eigenvalue weighted by molar-refractivity contribution is 5.88. The molecule has 0 radical (unpaired) electrons. The van der Waals surface area contributed by atoms with Gasteiger partial charge in [-0.05, 0) is 12.3 Å². The number of hydrogen-bond donors (Lipinski definition) is 1. The van der Waals surface area contributed by atoms with Crippen molar-refractivity contribution in [1.29, 1.82) is 0 Å². The zero-order valence-electron chi connectivity index (χ0n) is 10.3. The molecule has 1 saturated heterocycles. The number of rotatable bonds is 8. The zero-order chi connectivity index (χ0) is 12.8. The van der Waals surface area contributed by atoms with E-state index in [9.17, 15) is 9.59 Å². The molecule has 17 heavy (non-hydrogen) atoms. The molecule has 5 heteroatoms. The monoisotopic (exact) mass is 244 g/mol. The minimum atomic E-state index is -1.11. The highest BCUT2D eigenvalue weighted by Crippen LogP contribution is 2.23. The van der Waals surface area contributed by atoms with Crippen molar-refractivity contribution >= 4 is 11.9 Å². The fourth-order valence-electron chi connectivity index (χ4n) is 1.57. The number of carboxylic acid groups (broad SMARTS) is 1. The Bertz CT molecular complexity index is 274. The van der Waals surface area contributed by atoms with Crippen LogP contribution in [0.15, 0.2) is 0 Å². The third kappa shape index (κ3) is 5.17. The summed E-state index contributed by atoms with van der Waals surface area (Å²) < 4.78 is 9.60. The Morgan fingerprint density at radius 1 is 1.24 bits per heavy atom. The first-order valence-corrected chi connectivity index (χ1v) is 6.07. The molecule has 0 aromatic heterocycles. The van der Waals surface area contributed by atoms with Gasteiger partial charge in [0, 0.05) is 0 Å². The average molecular weight is 244 g/mol. The normalized spacial score (nSPS) is 22.5. The second kappa shape index (κ2) is 6.59. The summed E-state index contributed by atoms with van der Waals surface area (Å²) in [6, 6.07) is 0. The number of carbonyl (C=O) groups excluding carboxylic acids is 1. The summed E-state index contributed by atoms with van der Waals surface area (Å²) in [5, 5.41) is 8.53. The van der Waals surface area contributed by atoms with Gasteiger partial charge in [0.1, 0.15) is 0 Å². The van der Waals surface area contributed by atoms with Crippen molar-refractivity contribution in [1.82, 2.24) is 0 Å². The SMILES string of the molecule is CC(C)CCCCCOC(=O)C1OC1C(=O)O. The van der Waals surface area contributed by atoms with Crippen LogP contribution in [0.25, 0.3) is 0 Å². The Kier molecular flexibility index (Phi) is 5.41. The van der Waals surface area contributed by atoms with Crippen LogP contribution in [-0.2, 0) is 19.1 Å². The molecule has 0 bridgehead atoms. The molecule has 0 amide bonds. The summed E-state index contributed by atoms with van der Waals surface area (Å²) in [5.41, 5.74) is 0. The second-order valence-corrected chi connectivity index (χ2v) is 4.73. The van der Waals surface area contributed by atoms with Crippen LogP contribution in [0.1, 0.15) is 39.5 Å². The molecule has 5 nitrogen and oxygen atoms in total. The van der Waals surface area contributed by atoms with Crippen LogP contribution in [0.5, 0.6) is 0 Å². The lowest BCUT2D eigenvalue weighted by atomic mass is 10.1. The lowest BCUT2D eigenvalue weighted by Gasteiger charge is -2.04. The molecule has 1 rings (SSSR count). The van der Waals surface area contributed by atoms with Gasteiger partial charge >= 0.3 is 11.9 Å². The molecule has 1 N–H and O–H groups in total. The molecular weight excluding hydrogens is 224 g/mol. The molecule has 0 aromatic carbocycles. The second-order valence-electron chi connectivity index (χ2n) is 4.73. The number of hydrogen-bond acceptors (Lipinski definition) is 4. The van der Waals surface area contributed by atoms with E-state index in [4.69, 9.17) is 9.84 Å². The van der Waals surface area contributed by atoms with Gasteiger partial charge in [0.15, 0.2) is 12.2 Å². The van der Waals surface area contributed by atoms with E-state index in [2.05, 4.69) is 18.6 Å². The third-order valence-electron chi connectivity index (χ3n) is 2.64. The van der Waals surface area contributed by atoms with E-state index >= 15 is 0 Å². The topological polar surface area (TPSA) is 76.1 Å². The molecule has 0 saturated carbocycles. The quantitative estimate of drug-likeness (QED) is 0.398. The van der Waals surface area contributed by atoms with Gasteiger partial charge in [-0.1, -0.05) is 33.1 Å². The molecule has 2 unspecified atom stereocenters. The van der Waals surface area contributed by atoms with Gasteiger partial charge in [0.2, 0.25) is 0 Å². The minimum absolute atomic E-state index is 0.350. The van der Waals surface area contributed by atoms with Crippen molar-refractivity contribution < 1.29 is 24.2 Å². The predicted octanol–water partition coefficient (Wildman–Crippen LogP) is 1.60. The highest BCUT2D eigenvalue weighted by Gasteiger charge is 2.51. The molecular formula is C12H20O5. The molecule has 0 aliphatic carbocycles. The zero-order valence-corrected chi connectivity index (χ0v) is 10.3. The number of ether oxygens (including phenoxy) is 2. The highest BCUT2D eigenvalue weighted by atomic mass is 16.7. The number of aliphatic carboxylic acids is 1. The molecule has 1 fully saturated rings. The van der Waals surface area contributed by atoms with Gasteiger partial charge in [-0.3, -0.25) is 0 Å². The van der Waals surface area contributed by atoms with Crippen LogP contribution in [-0.4, -0.2) is 35.9 Å². The maximum atomic E-state index is 11.3. The first kappa shape index (κ1) is 14.0. The smallest absolute Gasteiger partial charge is 0.338 e. The lowest BCUT2D eigenvalue weighted by molar-refractivity contribution is -0.146. The summed E-state index contributed by atoms with van der Waals surface area (Å²) in [7, 11) is 0. The molecule has 1 heterocycles. The first-order valence-electron chi connectivity index (χ1n) is 6.07. The van der Waals surface area contributed by atoms with Crippen molar-refractivity contribution in [3.05, 3.63) is 0 Å². The number of carbonyl (C=O) groups is 2. The Balaban J connectivity index is 1.97. The molecule has 98 valence electrons. The van der Waals surface area contributed by atoms with Crippen LogP contribution in [0.3, 0.4) is 0 Å². The molecule has 1 aliphatic rings. The Morgan fingerprint density at radius 3 is 2.47 bits per heavy atom. The van der Waals surface area contributed by atoms with Gasteiger partial charge in [0.25, 0.3) is 0 Å². The summed E-state index contributed by atoms with van der Waals surface area (Å²) >= 11 is 0. The summed E-state index contributed by atoms with van der Waals surface area (Å²) in [5.74, 6) is -0.959. The Morgan fingerprint density at radius 2 is 1.94 bits per heavy atom. The van der Waals surface area contributed by atoms with E-state index in [1.807, 2.05) is 0 Å². The van der Waals surface area contributed by atoms with Gasteiger partial charge in [-0.15, -0.1) is 0 Å². The summed E-state index contributed by atoms with van der Waals surface area (Å²) in [6.45, 7) is 4.70. The van der Waals surface area contributed by atoms with Crippen LogP contribution in [0.2, 0.25) is 0 Å². The Labute approximate surface area is 101 Å². The molecule has 1 aliphatic heterocycles. The molecule has 2 atom stereocenters. The van der Waals surface area contributed by atoms with Crippen molar-refractivity contribution in [3.8, 4) is 0 Å². The van der Waals surface area contributed by atoms with Gasteiger partial charge in [0.05, 0.1) is 6.61 Å². The maximum absolute atomic E-state index is 11.3. The van der Waals surface area contributed by atoms with Crippen LogP contribution in [0.4, 0.5) is 0 Å². The number of epoxide rings is 1. The van der Waals surface area contributed by atoms with Crippen molar-refractivity contribution in [2.45, 2.75) is 51.7 Å². The van der Waals surface area contributed by atoms with Crippen molar-refractivity contribution in [3.63, 3.8) is 0 Å². The standard InChI is InChI=1S/C12H20O5/c1-8(2)6-4-3-5-7-16-12(15)10-9(17-10)11(13)14/h8-10H,3-7H2,1-2H3,(H,13,14). The maximum Gasteiger partial charge on any atom is 0.338 e. The molecule has 0 spiro atoms. The van der Waals surface area contributed by atoms with Crippen LogP contribution in [0, 0.1) is 5.92 Å². The van der Waals surface area contributed by atoms with Gasteiger partial charge < -0.3 is 14.6 Å². The predicted molar refractivity (Wildman–Crippen MR) is 60.6 cm³/mol. The van der Waals surface area contributed by atoms with Crippen molar-refractivity contribution in [2.75, 3.05) is 6.61 Å². The van der Waals surface area contributed by atoms with E-state index in [1.54, 1.807) is 0 Å². The van der Waals surface area contributed by atoms with E-state index in [-0.39, 0.29) is 0 Å². The third-order valence-corrected chi connectivity index (χ3v) is 2.64. The number of unbranched alkanes of at least 4 members (excludes halogenated alkanes) is 2. The fourth-order valence-corrected chi connectivity index (χ4v) is 1.57. The van der Waals surface area contributed by atoms with Gasteiger partial charge in [-0.2, -0.15) is 0 Å². The number of esters is 1. The van der Waals surface area contributed by atoms with Gasteiger partial charge in [-0.25, -0.2) is 9.59 Å². The van der Waals surface area contributed by atoms with E-state index in [0.29, 0.717) is 12.5 Å². The minimum Gasteiger partial charge on any atom is -0.479 e. The van der Waals surface area contributed by atoms with Crippen molar-refractivity contribution in [2.24, 2.45) is 5.92 Å². The van der Waals surface area contributed by atoms with E-state index < -0.39 is 24.1 Å². The number of carboxylic acids is 1. The largest absolute Gasteiger partial charge is 0.479 e. The fraction of sp³-hybridized carbons (Fsp3) is 0.833. The van der Waals surface area contributed by atoms with Crippen LogP contribution >= 0.6 is 0 Å². The summed E-state index contributed by atoms with van der Waals surface area (Å²) in [4.78, 5) is 21.7. The Hall–Kier alpha value is -1.10.